The Labute approximate surface area is 100 Å². The fourth-order valence-corrected chi connectivity index (χ4v) is 2.65. The van der Waals surface area contributed by atoms with Gasteiger partial charge in [0.1, 0.15) is 0 Å². The highest BCUT2D eigenvalue weighted by molar-refractivity contribution is 7.12. The lowest BCUT2D eigenvalue weighted by Crippen LogP contribution is -2.34. The zero-order valence-corrected chi connectivity index (χ0v) is 11.0. The predicted octanol–water partition coefficient (Wildman–Crippen LogP) is 2.25. The molecule has 2 N–H and O–H groups in total. The first-order valence-corrected chi connectivity index (χ1v) is 6.27. The molecule has 16 heavy (non-hydrogen) atoms. The number of carbonyl (C=O) groups is 1. The van der Waals surface area contributed by atoms with Gasteiger partial charge in [0.15, 0.2) is 0 Å². The SMILES string of the molecule is Cc1cc(C(=O)NC(C)CC(C)O)c(C)s1. The average Bonchev–Trinajstić information content (AvgIpc) is 2.43. The van der Waals surface area contributed by atoms with E-state index >= 15 is 0 Å². The number of hydrogen-bond donors (Lipinski definition) is 2. The van der Waals surface area contributed by atoms with Gasteiger partial charge in [0.25, 0.3) is 5.91 Å². The van der Waals surface area contributed by atoms with E-state index in [0.717, 1.165) is 15.3 Å². The number of thiophene rings is 1. The molecular formula is C12H19NO2S. The van der Waals surface area contributed by atoms with Crippen molar-refractivity contribution in [1.82, 2.24) is 5.32 Å². The van der Waals surface area contributed by atoms with Crippen molar-refractivity contribution in [3.05, 3.63) is 21.4 Å². The lowest BCUT2D eigenvalue weighted by molar-refractivity contribution is 0.0923. The van der Waals surface area contributed by atoms with Gasteiger partial charge in [0.2, 0.25) is 0 Å². The van der Waals surface area contributed by atoms with Crippen LogP contribution in [0.5, 0.6) is 0 Å². The molecule has 3 nitrogen and oxygen atoms in total. The summed E-state index contributed by atoms with van der Waals surface area (Å²) < 4.78 is 0. The molecule has 0 aromatic carbocycles. The van der Waals surface area contributed by atoms with E-state index in [1.54, 1.807) is 18.3 Å². The summed E-state index contributed by atoms with van der Waals surface area (Å²) in [6.07, 6.45) is 0.189. The second kappa shape index (κ2) is 5.46. The Morgan fingerprint density at radius 3 is 2.56 bits per heavy atom. The molecule has 1 heterocycles. The van der Waals surface area contributed by atoms with Crippen molar-refractivity contribution >= 4 is 17.2 Å². The van der Waals surface area contributed by atoms with Crippen LogP contribution in [0.1, 0.15) is 40.4 Å². The Morgan fingerprint density at radius 1 is 1.50 bits per heavy atom. The highest BCUT2D eigenvalue weighted by atomic mass is 32.1. The number of amides is 1. The van der Waals surface area contributed by atoms with Crippen LogP contribution in [0.25, 0.3) is 0 Å². The summed E-state index contributed by atoms with van der Waals surface area (Å²) in [4.78, 5) is 14.1. The predicted molar refractivity (Wildman–Crippen MR) is 67.0 cm³/mol. The van der Waals surface area contributed by atoms with Crippen molar-refractivity contribution in [2.24, 2.45) is 0 Å². The first kappa shape index (κ1) is 13.2. The number of rotatable bonds is 4. The van der Waals surface area contributed by atoms with E-state index in [-0.39, 0.29) is 18.1 Å². The molecule has 2 atom stereocenters. The molecular weight excluding hydrogens is 222 g/mol. The normalized spacial score (nSPS) is 14.6. The van der Waals surface area contributed by atoms with Crippen LogP contribution in [0.15, 0.2) is 6.07 Å². The maximum absolute atomic E-state index is 11.9. The third-order valence-corrected chi connectivity index (χ3v) is 3.32. The summed E-state index contributed by atoms with van der Waals surface area (Å²) in [5.74, 6) is -0.0463. The average molecular weight is 241 g/mol. The van der Waals surface area contributed by atoms with Gasteiger partial charge in [-0.05, 0) is 40.2 Å². The van der Waals surface area contributed by atoms with E-state index in [0.29, 0.717) is 6.42 Å². The number of hydrogen-bond acceptors (Lipinski definition) is 3. The van der Waals surface area contributed by atoms with Crippen molar-refractivity contribution in [1.29, 1.82) is 0 Å². The van der Waals surface area contributed by atoms with Crippen LogP contribution >= 0.6 is 11.3 Å². The molecule has 0 fully saturated rings. The number of aliphatic hydroxyl groups excluding tert-OH is 1. The number of carbonyl (C=O) groups excluding carboxylic acids is 1. The minimum Gasteiger partial charge on any atom is -0.393 e. The van der Waals surface area contributed by atoms with E-state index in [1.807, 2.05) is 26.8 Å². The molecule has 1 rings (SSSR count). The van der Waals surface area contributed by atoms with Gasteiger partial charge in [-0.3, -0.25) is 4.79 Å². The van der Waals surface area contributed by atoms with Crippen LogP contribution in [0.2, 0.25) is 0 Å². The number of aliphatic hydroxyl groups is 1. The first-order valence-electron chi connectivity index (χ1n) is 5.46. The van der Waals surface area contributed by atoms with Crippen LogP contribution in [-0.2, 0) is 0 Å². The lowest BCUT2D eigenvalue weighted by Gasteiger charge is -2.15. The maximum Gasteiger partial charge on any atom is 0.252 e. The second-order valence-corrected chi connectivity index (χ2v) is 5.75. The Bertz CT molecular complexity index is 371. The molecule has 0 bridgehead atoms. The quantitative estimate of drug-likeness (QED) is 0.849. The molecule has 0 spiro atoms. The highest BCUT2D eigenvalue weighted by Crippen LogP contribution is 2.20. The van der Waals surface area contributed by atoms with E-state index in [1.165, 1.54) is 0 Å². The molecule has 0 aliphatic rings. The van der Waals surface area contributed by atoms with Gasteiger partial charge in [-0.2, -0.15) is 0 Å². The molecule has 0 saturated carbocycles. The summed E-state index contributed by atoms with van der Waals surface area (Å²) in [5, 5.41) is 12.1. The molecule has 0 saturated heterocycles. The molecule has 90 valence electrons. The number of nitrogens with one attached hydrogen (secondary N) is 1. The van der Waals surface area contributed by atoms with Crippen molar-refractivity contribution < 1.29 is 9.90 Å². The van der Waals surface area contributed by atoms with E-state index in [4.69, 9.17) is 0 Å². The molecule has 1 aromatic rings. The van der Waals surface area contributed by atoms with Crippen LogP contribution < -0.4 is 5.32 Å². The molecule has 0 radical (unpaired) electrons. The van der Waals surface area contributed by atoms with Crippen LogP contribution in [-0.4, -0.2) is 23.2 Å². The summed E-state index contributed by atoms with van der Waals surface area (Å²) in [7, 11) is 0. The maximum atomic E-state index is 11.9. The first-order chi connectivity index (χ1) is 7.40. The highest BCUT2D eigenvalue weighted by Gasteiger charge is 2.15. The van der Waals surface area contributed by atoms with Gasteiger partial charge in [0.05, 0.1) is 11.7 Å². The van der Waals surface area contributed by atoms with Crippen molar-refractivity contribution in [2.75, 3.05) is 0 Å². The fourth-order valence-electron chi connectivity index (χ4n) is 1.73. The Hall–Kier alpha value is -0.870. The standard InChI is InChI=1S/C12H19NO2S/c1-7(5-8(2)14)13-12(15)11-6-9(3)16-10(11)4/h6-8,14H,5H2,1-4H3,(H,13,15). The zero-order valence-electron chi connectivity index (χ0n) is 10.2. The largest absolute Gasteiger partial charge is 0.393 e. The molecule has 0 aliphatic carbocycles. The zero-order chi connectivity index (χ0) is 12.3. The van der Waals surface area contributed by atoms with E-state index in [9.17, 15) is 9.90 Å². The summed E-state index contributed by atoms with van der Waals surface area (Å²) in [5.41, 5.74) is 0.750. The molecule has 2 unspecified atom stereocenters. The molecule has 1 aromatic heterocycles. The van der Waals surface area contributed by atoms with E-state index in [2.05, 4.69) is 5.32 Å². The third-order valence-electron chi connectivity index (χ3n) is 2.36. The Morgan fingerprint density at radius 2 is 2.12 bits per heavy atom. The summed E-state index contributed by atoms with van der Waals surface area (Å²) in [6, 6.07) is 1.90. The van der Waals surface area contributed by atoms with Crippen LogP contribution in [0, 0.1) is 13.8 Å². The smallest absolute Gasteiger partial charge is 0.252 e. The minimum absolute atomic E-state index is 0.00731. The molecule has 1 amide bonds. The fraction of sp³-hybridized carbons (Fsp3) is 0.583. The van der Waals surface area contributed by atoms with Gasteiger partial charge in [-0.25, -0.2) is 0 Å². The van der Waals surface area contributed by atoms with E-state index < -0.39 is 0 Å². The van der Waals surface area contributed by atoms with Crippen LogP contribution in [0.4, 0.5) is 0 Å². The van der Waals surface area contributed by atoms with Gasteiger partial charge < -0.3 is 10.4 Å². The van der Waals surface area contributed by atoms with Gasteiger partial charge >= 0.3 is 0 Å². The van der Waals surface area contributed by atoms with Gasteiger partial charge in [-0.1, -0.05) is 0 Å². The van der Waals surface area contributed by atoms with Crippen LogP contribution in [0.3, 0.4) is 0 Å². The van der Waals surface area contributed by atoms with Crippen molar-refractivity contribution in [3.63, 3.8) is 0 Å². The monoisotopic (exact) mass is 241 g/mol. The number of aryl methyl sites for hydroxylation is 2. The minimum atomic E-state index is -0.388. The summed E-state index contributed by atoms with van der Waals surface area (Å²) >= 11 is 1.63. The van der Waals surface area contributed by atoms with Crippen molar-refractivity contribution in [3.8, 4) is 0 Å². The van der Waals surface area contributed by atoms with Gasteiger partial charge in [0, 0.05) is 15.8 Å². The Balaban J connectivity index is 2.62. The molecule has 0 aliphatic heterocycles. The third kappa shape index (κ3) is 3.61. The Kier molecular flexibility index (Phi) is 4.50. The van der Waals surface area contributed by atoms with Gasteiger partial charge in [-0.15, -0.1) is 11.3 Å². The molecule has 4 heteroatoms. The summed E-state index contributed by atoms with van der Waals surface area (Å²) in [6.45, 7) is 7.57. The topological polar surface area (TPSA) is 49.3 Å². The lowest BCUT2D eigenvalue weighted by atomic mass is 10.1. The van der Waals surface area contributed by atoms with Crippen molar-refractivity contribution in [2.45, 2.75) is 46.3 Å². The second-order valence-electron chi connectivity index (χ2n) is 4.29.